The van der Waals surface area contributed by atoms with Gasteiger partial charge in [0.05, 0.1) is 10.4 Å². The Kier molecular flexibility index (Phi) is 7.40. The van der Waals surface area contributed by atoms with Gasteiger partial charge in [0.25, 0.3) is 0 Å². The monoisotopic (exact) mass is 345 g/mol. The molecule has 0 unspecified atom stereocenters. The third-order valence-electron chi connectivity index (χ3n) is 3.99. The molecule has 0 bridgehead atoms. The molecule has 0 aromatic carbocycles. The van der Waals surface area contributed by atoms with Gasteiger partial charge in [-0.05, 0) is 57.1 Å². The highest BCUT2D eigenvalue weighted by molar-refractivity contribution is 7.12. The van der Waals surface area contributed by atoms with Crippen LogP contribution in [0.4, 0.5) is 5.82 Å². The molecule has 0 radical (unpaired) electrons. The van der Waals surface area contributed by atoms with E-state index in [1.807, 2.05) is 36.7 Å². The molecule has 5 heteroatoms. The number of hydrogen-bond donors (Lipinski definition) is 0. The van der Waals surface area contributed by atoms with Crippen molar-refractivity contribution in [3.05, 3.63) is 46.3 Å². The van der Waals surface area contributed by atoms with Gasteiger partial charge in [-0.15, -0.1) is 11.3 Å². The van der Waals surface area contributed by atoms with Crippen molar-refractivity contribution in [1.29, 1.82) is 0 Å². The Bertz CT molecular complexity index is 625. The molecule has 0 aliphatic rings. The van der Waals surface area contributed by atoms with Crippen LogP contribution in [0.3, 0.4) is 0 Å². The number of anilines is 1. The maximum atomic E-state index is 12.7. The number of ketones is 1. The summed E-state index contributed by atoms with van der Waals surface area (Å²) in [6, 6.07) is 7.48. The van der Waals surface area contributed by atoms with Gasteiger partial charge >= 0.3 is 0 Å². The second-order valence-corrected chi connectivity index (χ2v) is 7.27. The van der Waals surface area contributed by atoms with E-state index in [4.69, 9.17) is 0 Å². The molecule has 0 atom stereocenters. The average molecular weight is 346 g/mol. The number of rotatable bonds is 10. The molecule has 0 saturated heterocycles. The fraction of sp³-hybridized carbons (Fsp3) is 0.474. The third-order valence-corrected chi connectivity index (χ3v) is 4.86. The molecule has 0 aliphatic heterocycles. The minimum atomic E-state index is 0.0610. The summed E-state index contributed by atoms with van der Waals surface area (Å²) in [5, 5.41) is 1.93. The highest BCUT2D eigenvalue weighted by Crippen LogP contribution is 2.22. The zero-order chi connectivity index (χ0) is 17.4. The summed E-state index contributed by atoms with van der Waals surface area (Å²) >= 11 is 1.48. The molecule has 130 valence electrons. The Hall–Kier alpha value is -1.72. The van der Waals surface area contributed by atoms with E-state index < -0.39 is 0 Å². The van der Waals surface area contributed by atoms with Crippen LogP contribution >= 0.6 is 11.3 Å². The minimum absolute atomic E-state index is 0.0610. The van der Waals surface area contributed by atoms with Crippen LogP contribution in [0, 0.1) is 0 Å². The first kappa shape index (κ1) is 18.6. The Morgan fingerprint density at radius 1 is 1.04 bits per heavy atom. The fourth-order valence-corrected chi connectivity index (χ4v) is 3.33. The fourth-order valence-electron chi connectivity index (χ4n) is 2.66. The van der Waals surface area contributed by atoms with Crippen molar-refractivity contribution in [1.82, 2.24) is 9.88 Å². The summed E-state index contributed by atoms with van der Waals surface area (Å²) in [5.41, 5.74) is 0.690. The zero-order valence-electron chi connectivity index (χ0n) is 14.9. The highest BCUT2D eigenvalue weighted by atomic mass is 32.1. The largest absolute Gasteiger partial charge is 0.359 e. The SMILES string of the molecule is CN(C)CCCCCCN(C)c1ncccc1C(=O)c1cccs1. The van der Waals surface area contributed by atoms with E-state index in [1.165, 1.54) is 30.6 Å². The van der Waals surface area contributed by atoms with Crippen LogP contribution in [-0.4, -0.2) is 49.9 Å². The summed E-state index contributed by atoms with van der Waals surface area (Å²) in [6.07, 6.45) is 6.57. The molecule has 0 aliphatic carbocycles. The summed E-state index contributed by atoms with van der Waals surface area (Å²) in [5.74, 6) is 0.843. The lowest BCUT2D eigenvalue weighted by molar-refractivity contribution is 0.104. The number of thiophene rings is 1. The lowest BCUT2D eigenvalue weighted by Gasteiger charge is -2.20. The smallest absolute Gasteiger partial charge is 0.206 e. The first-order chi connectivity index (χ1) is 11.6. The number of hydrogen-bond acceptors (Lipinski definition) is 5. The molecule has 2 aromatic heterocycles. The molecule has 4 nitrogen and oxygen atoms in total. The van der Waals surface area contributed by atoms with Crippen LogP contribution in [0.5, 0.6) is 0 Å². The first-order valence-electron chi connectivity index (χ1n) is 8.48. The lowest BCUT2D eigenvalue weighted by Crippen LogP contribution is -2.22. The predicted molar refractivity (Wildman–Crippen MR) is 102 cm³/mol. The Morgan fingerprint density at radius 2 is 1.79 bits per heavy atom. The Balaban J connectivity index is 1.90. The predicted octanol–water partition coefficient (Wildman–Crippen LogP) is 3.93. The van der Waals surface area contributed by atoms with Gasteiger partial charge in [0.2, 0.25) is 5.78 Å². The summed E-state index contributed by atoms with van der Waals surface area (Å²) in [7, 11) is 6.25. The number of carbonyl (C=O) groups excluding carboxylic acids is 1. The Labute approximate surface area is 149 Å². The van der Waals surface area contributed by atoms with Crippen LogP contribution in [0.2, 0.25) is 0 Å². The topological polar surface area (TPSA) is 36.4 Å². The zero-order valence-corrected chi connectivity index (χ0v) is 15.7. The van der Waals surface area contributed by atoms with Gasteiger partial charge in [-0.1, -0.05) is 18.9 Å². The number of unbranched alkanes of at least 4 members (excludes halogenated alkanes) is 3. The van der Waals surface area contributed by atoms with Gasteiger partial charge in [-0.25, -0.2) is 4.98 Å². The van der Waals surface area contributed by atoms with Gasteiger partial charge in [0, 0.05) is 19.8 Å². The molecule has 0 saturated carbocycles. The summed E-state index contributed by atoms with van der Waals surface area (Å²) in [4.78, 5) is 22.2. The molecule has 24 heavy (non-hydrogen) atoms. The molecular weight excluding hydrogens is 318 g/mol. The van der Waals surface area contributed by atoms with Crippen molar-refractivity contribution in [2.45, 2.75) is 25.7 Å². The second-order valence-electron chi connectivity index (χ2n) is 6.32. The maximum Gasteiger partial charge on any atom is 0.206 e. The molecular formula is C19H27N3OS. The van der Waals surface area contributed by atoms with Crippen molar-refractivity contribution in [2.75, 3.05) is 39.1 Å². The summed E-state index contributed by atoms with van der Waals surface area (Å²) in [6.45, 7) is 2.07. The molecule has 2 rings (SSSR count). The van der Waals surface area contributed by atoms with E-state index >= 15 is 0 Å². The van der Waals surface area contributed by atoms with Crippen LogP contribution in [0.25, 0.3) is 0 Å². The van der Waals surface area contributed by atoms with Crippen LogP contribution < -0.4 is 4.90 Å². The molecule has 0 N–H and O–H groups in total. The first-order valence-corrected chi connectivity index (χ1v) is 9.36. The van der Waals surface area contributed by atoms with Gasteiger partial charge in [0.1, 0.15) is 5.82 Å². The van der Waals surface area contributed by atoms with Crippen LogP contribution in [0.1, 0.15) is 40.9 Å². The van der Waals surface area contributed by atoms with Crippen LogP contribution in [0.15, 0.2) is 35.8 Å². The third kappa shape index (κ3) is 5.42. The van der Waals surface area contributed by atoms with E-state index in [9.17, 15) is 4.79 Å². The Morgan fingerprint density at radius 3 is 2.46 bits per heavy atom. The van der Waals surface area contributed by atoms with Crippen molar-refractivity contribution < 1.29 is 4.79 Å². The van der Waals surface area contributed by atoms with Crippen molar-refractivity contribution >= 4 is 22.9 Å². The van der Waals surface area contributed by atoms with E-state index in [-0.39, 0.29) is 5.78 Å². The molecule has 2 heterocycles. The summed E-state index contributed by atoms with van der Waals surface area (Å²) < 4.78 is 0. The van der Waals surface area contributed by atoms with Crippen molar-refractivity contribution in [2.24, 2.45) is 0 Å². The normalized spacial score (nSPS) is 11.0. The number of nitrogens with zero attached hydrogens (tertiary/aromatic N) is 3. The quantitative estimate of drug-likeness (QED) is 0.483. The second kappa shape index (κ2) is 9.55. The molecule has 2 aromatic rings. The van der Waals surface area contributed by atoms with E-state index in [0.29, 0.717) is 5.56 Å². The van der Waals surface area contributed by atoms with Crippen molar-refractivity contribution in [3.63, 3.8) is 0 Å². The number of carbonyl (C=O) groups is 1. The van der Waals surface area contributed by atoms with E-state index in [1.54, 1.807) is 6.20 Å². The minimum Gasteiger partial charge on any atom is -0.359 e. The van der Waals surface area contributed by atoms with Gasteiger partial charge in [0.15, 0.2) is 0 Å². The molecule has 0 fully saturated rings. The van der Waals surface area contributed by atoms with Crippen LogP contribution in [-0.2, 0) is 0 Å². The molecule has 0 spiro atoms. The van der Waals surface area contributed by atoms with Gasteiger partial charge < -0.3 is 9.80 Å². The number of pyridine rings is 1. The van der Waals surface area contributed by atoms with Gasteiger partial charge in [-0.2, -0.15) is 0 Å². The standard InChI is InChI=1S/C19H27N3OS/c1-21(2)13-6-4-5-7-14-22(3)19-16(10-8-12-20-19)18(23)17-11-9-15-24-17/h8-12,15H,4-7,13-14H2,1-3H3. The van der Waals surface area contributed by atoms with E-state index in [0.717, 1.165) is 30.2 Å². The number of aromatic nitrogens is 1. The van der Waals surface area contributed by atoms with Gasteiger partial charge in [-0.3, -0.25) is 4.79 Å². The molecule has 0 amide bonds. The lowest BCUT2D eigenvalue weighted by atomic mass is 10.1. The van der Waals surface area contributed by atoms with E-state index in [2.05, 4.69) is 28.9 Å². The average Bonchev–Trinajstić information content (AvgIpc) is 3.11. The van der Waals surface area contributed by atoms with Crippen molar-refractivity contribution in [3.8, 4) is 0 Å². The highest BCUT2D eigenvalue weighted by Gasteiger charge is 2.17. The maximum absolute atomic E-state index is 12.7.